The molecule has 1 N–H and O–H groups in total. The van der Waals surface area contributed by atoms with Gasteiger partial charge in [0.2, 0.25) is 11.8 Å². The summed E-state index contributed by atoms with van der Waals surface area (Å²) in [6.45, 7) is -2.93. The van der Waals surface area contributed by atoms with Gasteiger partial charge in [-0.3, -0.25) is 4.79 Å². The number of anilines is 1. The first-order valence-corrected chi connectivity index (χ1v) is 11.0. The summed E-state index contributed by atoms with van der Waals surface area (Å²) in [6, 6.07) is 13.7. The van der Waals surface area contributed by atoms with Crippen molar-refractivity contribution in [2.45, 2.75) is 24.7 Å². The van der Waals surface area contributed by atoms with Crippen LogP contribution in [0.4, 0.5) is 14.5 Å². The monoisotopic (exact) mass is 462 g/mol. The predicted octanol–water partition coefficient (Wildman–Crippen LogP) is 4.80. The van der Waals surface area contributed by atoms with Crippen LogP contribution in [0.15, 0.2) is 58.2 Å². The van der Waals surface area contributed by atoms with Gasteiger partial charge in [-0.1, -0.05) is 30.0 Å². The molecule has 4 rings (SSSR count). The molecular weight excluding hydrogens is 446 g/mol. The first-order chi connectivity index (χ1) is 15.0. The van der Waals surface area contributed by atoms with E-state index >= 15 is 0 Å². The third-order valence-corrected chi connectivity index (χ3v) is 5.92. The van der Waals surface area contributed by atoms with E-state index in [9.17, 15) is 13.6 Å². The average Bonchev–Trinajstić information content (AvgIpc) is 3.37. The molecule has 0 radical (unpaired) electrons. The third kappa shape index (κ3) is 5.98. The van der Waals surface area contributed by atoms with E-state index in [1.54, 1.807) is 17.4 Å². The first-order valence-electron chi connectivity index (χ1n) is 9.19. The maximum Gasteiger partial charge on any atom is 0.387 e. The number of amides is 1. The van der Waals surface area contributed by atoms with Crippen LogP contribution in [0.5, 0.6) is 5.75 Å². The second-order valence-corrected chi connectivity index (χ2v) is 8.32. The number of aromatic nitrogens is 3. The normalized spacial score (nSPS) is 11.2. The molecular formula is C20H16F2N4O3S2. The summed E-state index contributed by atoms with van der Waals surface area (Å²) >= 11 is 2.73. The quantitative estimate of drug-likeness (QED) is 0.358. The molecule has 1 amide bonds. The number of hydrogen-bond donors (Lipinski definition) is 1. The van der Waals surface area contributed by atoms with Gasteiger partial charge in [0.05, 0.1) is 21.0 Å². The number of para-hydroxylation sites is 1. The maximum absolute atomic E-state index is 12.3. The molecule has 0 unspecified atom stereocenters. The zero-order chi connectivity index (χ0) is 21.6. The highest BCUT2D eigenvalue weighted by Gasteiger charge is 2.12. The number of ether oxygens (including phenoxy) is 1. The van der Waals surface area contributed by atoms with Crippen molar-refractivity contribution in [1.29, 1.82) is 0 Å². The smallest absolute Gasteiger partial charge is 0.387 e. The Balaban J connectivity index is 1.25. The van der Waals surface area contributed by atoms with Gasteiger partial charge >= 0.3 is 6.61 Å². The Kier molecular flexibility index (Phi) is 6.73. The van der Waals surface area contributed by atoms with Crippen molar-refractivity contribution < 1.29 is 22.7 Å². The van der Waals surface area contributed by atoms with Crippen molar-refractivity contribution in [3.8, 4) is 5.75 Å². The van der Waals surface area contributed by atoms with Crippen LogP contribution >= 0.6 is 23.1 Å². The van der Waals surface area contributed by atoms with Gasteiger partial charge < -0.3 is 14.5 Å². The van der Waals surface area contributed by atoms with Crippen molar-refractivity contribution in [3.63, 3.8) is 0 Å². The predicted molar refractivity (Wildman–Crippen MR) is 114 cm³/mol. The summed E-state index contributed by atoms with van der Waals surface area (Å²) in [5.74, 6) is 0.127. The van der Waals surface area contributed by atoms with Crippen molar-refractivity contribution in [2.75, 3.05) is 11.1 Å². The molecule has 0 aliphatic carbocycles. The molecule has 0 aliphatic rings. The summed E-state index contributed by atoms with van der Waals surface area (Å²) in [4.78, 5) is 16.7. The van der Waals surface area contributed by atoms with E-state index in [1.807, 2.05) is 24.3 Å². The van der Waals surface area contributed by atoms with E-state index in [-0.39, 0.29) is 22.6 Å². The van der Waals surface area contributed by atoms with E-state index in [1.165, 1.54) is 18.2 Å². The number of carbonyl (C=O) groups excluding carboxylic acids is 1. The summed E-state index contributed by atoms with van der Waals surface area (Å²) in [5.41, 5.74) is 1.33. The van der Waals surface area contributed by atoms with Gasteiger partial charge in [-0.05, 0) is 24.3 Å². The Hall–Kier alpha value is -3.05. The number of nitrogens with zero attached hydrogens (tertiary/aromatic N) is 3. The van der Waals surface area contributed by atoms with E-state index in [2.05, 4.69) is 25.2 Å². The third-order valence-electron chi connectivity index (χ3n) is 4.01. The number of alkyl halides is 2. The Morgan fingerprint density at radius 3 is 2.87 bits per heavy atom. The maximum atomic E-state index is 12.3. The second-order valence-electron chi connectivity index (χ2n) is 6.28. The fourth-order valence-corrected chi connectivity index (χ4v) is 4.26. The number of benzene rings is 2. The number of thioether (sulfide) groups is 1. The second kappa shape index (κ2) is 9.84. The largest absolute Gasteiger partial charge is 0.435 e. The van der Waals surface area contributed by atoms with Gasteiger partial charge in [0.25, 0.3) is 5.22 Å². The lowest BCUT2D eigenvalue weighted by Gasteiger charge is -2.07. The number of fused-ring (bicyclic) bond motifs is 1. The Bertz CT molecular complexity index is 1150. The molecule has 0 aliphatic heterocycles. The van der Waals surface area contributed by atoms with Crippen molar-refractivity contribution in [2.24, 2.45) is 0 Å². The molecule has 4 aromatic rings. The lowest BCUT2D eigenvalue weighted by molar-refractivity contribution is -0.113. The molecule has 2 heterocycles. The summed E-state index contributed by atoms with van der Waals surface area (Å²) in [7, 11) is 0. The standard InChI is InChI=1S/C20H16F2N4O3S2/c21-19(22)28-13-5-3-4-12(10-13)23-16(27)11-30-20-26-25-17(29-20)8-9-18-24-14-6-1-2-7-15(14)31-18/h1-7,10,19H,8-9,11H2,(H,23,27). The van der Waals surface area contributed by atoms with Gasteiger partial charge in [0.1, 0.15) is 5.75 Å². The van der Waals surface area contributed by atoms with E-state index in [4.69, 9.17) is 4.42 Å². The minimum Gasteiger partial charge on any atom is -0.435 e. The molecule has 0 spiro atoms. The summed E-state index contributed by atoms with van der Waals surface area (Å²) in [6.07, 6.45) is 1.24. The number of nitrogens with one attached hydrogen (secondary N) is 1. The van der Waals surface area contributed by atoms with Gasteiger partial charge in [-0.2, -0.15) is 8.78 Å². The van der Waals surface area contributed by atoms with Crippen LogP contribution in [0.1, 0.15) is 10.9 Å². The first kappa shape index (κ1) is 21.2. The molecule has 0 saturated carbocycles. The van der Waals surface area contributed by atoms with Crippen LogP contribution < -0.4 is 10.1 Å². The Labute approximate surface area is 183 Å². The fourth-order valence-electron chi connectivity index (χ4n) is 2.71. The topological polar surface area (TPSA) is 90.1 Å². The Morgan fingerprint density at radius 2 is 2.03 bits per heavy atom. The number of thiazole rings is 1. The van der Waals surface area contributed by atoms with Gasteiger partial charge in [0.15, 0.2) is 0 Å². The van der Waals surface area contributed by atoms with Gasteiger partial charge in [-0.15, -0.1) is 21.5 Å². The van der Waals surface area contributed by atoms with Crippen LogP contribution in [0.25, 0.3) is 10.2 Å². The molecule has 2 aromatic carbocycles. The van der Waals surface area contributed by atoms with Crippen molar-refractivity contribution >= 4 is 44.9 Å². The molecule has 0 fully saturated rings. The van der Waals surface area contributed by atoms with Crippen LogP contribution in [0.3, 0.4) is 0 Å². The van der Waals surface area contributed by atoms with Crippen molar-refractivity contribution in [3.05, 3.63) is 59.4 Å². The van der Waals surface area contributed by atoms with Crippen LogP contribution in [-0.2, 0) is 17.6 Å². The highest BCUT2D eigenvalue weighted by atomic mass is 32.2. The van der Waals surface area contributed by atoms with E-state index < -0.39 is 6.61 Å². The minimum absolute atomic E-state index is 0.0272. The lowest BCUT2D eigenvalue weighted by Crippen LogP contribution is -2.14. The zero-order valence-electron chi connectivity index (χ0n) is 16.0. The van der Waals surface area contributed by atoms with Crippen LogP contribution in [0.2, 0.25) is 0 Å². The zero-order valence-corrected chi connectivity index (χ0v) is 17.6. The highest BCUT2D eigenvalue weighted by Crippen LogP contribution is 2.24. The molecule has 0 saturated heterocycles. The average molecular weight is 463 g/mol. The number of halogens is 2. The molecule has 2 aromatic heterocycles. The molecule has 31 heavy (non-hydrogen) atoms. The van der Waals surface area contributed by atoms with Crippen molar-refractivity contribution in [1.82, 2.24) is 15.2 Å². The lowest BCUT2D eigenvalue weighted by atomic mass is 10.3. The van der Waals surface area contributed by atoms with Crippen LogP contribution in [0, 0.1) is 0 Å². The molecule has 11 heteroatoms. The number of rotatable bonds is 9. The number of hydrogen-bond acceptors (Lipinski definition) is 8. The summed E-state index contributed by atoms with van der Waals surface area (Å²) < 4.78 is 35.6. The van der Waals surface area contributed by atoms with E-state index in [0.29, 0.717) is 24.4 Å². The minimum atomic E-state index is -2.93. The molecule has 0 atom stereocenters. The summed E-state index contributed by atoms with van der Waals surface area (Å²) in [5, 5.41) is 11.8. The van der Waals surface area contributed by atoms with Crippen LogP contribution in [-0.4, -0.2) is 33.5 Å². The number of aryl methyl sites for hydroxylation is 2. The SMILES string of the molecule is O=C(CSc1nnc(CCc2nc3ccccc3s2)o1)Nc1cccc(OC(F)F)c1. The Morgan fingerprint density at radius 1 is 1.16 bits per heavy atom. The van der Waals surface area contributed by atoms with Gasteiger partial charge in [0, 0.05) is 24.6 Å². The molecule has 7 nitrogen and oxygen atoms in total. The fraction of sp³-hybridized carbons (Fsp3) is 0.200. The molecule has 0 bridgehead atoms. The number of carbonyl (C=O) groups is 1. The van der Waals surface area contributed by atoms with Gasteiger partial charge in [-0.25, -0.2) is 4.98 Å². The molecule has 160 valence electrons. The van der Waals surface area contributed by atoms with E-state index in [0.717, 1.165) is 27.0 Å². The highest BCUT2D eigenvalue weighted by molar-refractivity contribution is 7.99.